The van der Waals surface area contributed by atoms with Crippen LogP contribution in [0.2, 0.25) is 0 Å². The molecule has 24 heavy (non-hydrogen) atoms. The first-order chi connectivity index (χ1) is 11.5. The normalized spacial score (nSPS) is 11.6. The van der Waals surface area contributed by atoms with Gasteiger partial charge >= 0.3 is 0 Å². The van der Waals surface area contributed by atoms with E-state index in [0.717, 1.165) is 12.8 Å². The second kappa shape index (κ2) is 8.10. The molecule has 126 valence electrons. The molecule has 0 bridgehead atoms. The van der Waals surface area contributed by atoms with Gasteiger partial charge in [-0.05, 0) is 31.4 Å². The van der Waals surface area contributed by atoms with Gasteiger partial charge in [-0.2, -0.15) is 0 Å². The summed E-state index contributed by atoms with van der Waals surface area (Å²) in [6, 6.07) is 13.9. The van der Waals surface area contributed by atoms with Crippen LogP contribution >= 0.6 is 0 Å². The van der Waals surface area contributed by atoms with Crippen LogP contribution in [-0.2, 0) is 6.42 Å². The van der Waals surface area contributed by atoms with Crippen molar-refractivity contribution in [2.24, 2.45) is 0 Å². The summed E-state index contributed by atoms with van der Waals surface area (Å²) in [5.41, 5.74) is 1.22. The number of rotatable bonds is 7. The Morgan fingerprint density at radius 1 is 1.25 bits per heavy atom. The molecule has 2 aromatic rings. The van der Waals surface area contributed by atoms with Crippen LogP contribution in [0.4, 0.5) is 5.69 Å². The van der Waals surface area contributed by atoms with E-state index in [9.17, 15) is 14.9 Å². The largest absolute Gasteiger partial charge is 0.496 e. The highest BCUT2D eigenvalue weighted by molar-refractivity contribution is 5.97. The summed E-state index contributed by atoms with van der Waals surface area (Å²) in [5, 5.41) is 13.8. The maximum atomic E-state index is 12.4. The zero-order valence-electron chi connectivity index (χ0n) is 13.7. The molecule has 2 rings (SSSR count). The molecule has 1 N–H and O–H groups in total. The lowest BCUT2D eigenvalue weighted by Gasteiger charge is -2.15. The van der Waals surface area contributed by atoms with Crippen molar-refractivity contribution in [3.05, 3.63) is 69.8 Å². The number of non-ortho nitro benzene ring substituents is 1. The van der Waals surface area contributed by atoms with Crippen molar-refractivity contribution >= 4 is 11.6 Å². The summed E-state index contributed by atoms with van der Waals surface area (Å²) in [6.45, 7) is 1.91. The van der Waals surface area contributed by atoms with Gasteiger partial charge < -0.3 is 10.1 Å². The molecule has 2 aromatic carbocycles. The van der Waals surface area contributed by atoms with Crippen LogP contribution in [0.25, 0.3) is 0 Å². The average molecular weight is 328 g/mol. The lowest BCUT2D eigenvalue weighted by Crippen LogP contribution is -2.33. The second-order valence-electron chi connectivity index (χ2n) is 5.54. The van der Waals surface area contributed by atoms with Gasteiger partial charge in [0.1, 0.15) is 5.75 Å². The van der Waals surface area contributed by atoms with Gasteiger partial charge in [-0.25, -0.2) is 0 Å². The fourth-order valence-electron chi connectivity index (χ4n) is 2.39. The molecule has 0 spiro atoms. The Labute approximate surface area is 140 Å². The van der Waals surface area contributed by atoms with Crippen LogP contribution in [0, 0.1) is 10.1 Å². The number of hydrogen-bond acceptors (Lipinski definition) is 4. The number of nitro groups is 1. The van der Waals surface area contributed by atoms with Crippen LogP contribution < -0.4 is 10.1 Å². The minimum absolute atomic E-state index is 0.0679. The van der Waals surface area contributed by atoms with Gasteiger partial charge in [0, 0.05) is 18.2 Å². The van der Waals surface area contributed by atoms with E-state index in [2.05, 4.69) is 5.32 Å². The molecule has 1 amide bonds. The molecule has 0 radical (unpaired) electrons. The van der Waals surface area contributed by atoms with Crippen LogP contribution in [-0.4, -0.2) is 24.0 Å². The van der Waals surface area contributed by atoms with Crippen molar-refractivity contribution in [2.45, 2.75) is 25.8 Å². The van der Waals surface area contributed by atoms with Gasteiger partial charge in [0.25, 0.3) is 11.6 Å². The number of carbonyl (C=O) groups is 1. The molecular weight excluding hydrogens is 308 g/mol. The fraction of sp³-hybridized carbons (Fsp3) is 0.278. The van der Waals surface area contributed by atoms with Gasteiger partial charge in [0.05, 0.1) is 17.6 Å². The average Bonchev–Trinajstić information content (AvgIpc) is 2.60. The Bertz CT molecular complexity index is 716. The van der Waals surface area contributed by atoms with Crippen molar-refractivity contribution in [2.75, 3.05) is 7.11 Å². The predicted molar refractivity (Wildman–Crippen MR) is 91.3 cm³/mol. The molecule has 0 fully saturated rings. The van der Waals surface area contributed by atoms with E-state index in [1.165, 1.54) is 30.9 Å². The zero-order valence-corrected chi connectivity index (χ0v) is 13.7. The van der Waals surface area contributed by atoms with E-state index in [-0.39, 0.29) is 23.2 Å². The minimum Gasteiger partial charge on any atom is -0.496 e. The van der Waals surface area contributed by atoms with Crippen molar-refractivity contribution < 1.29 is 14.5 Å². The number of nitrogens with zero attached hydrogens (tertiary/aromatic N) is 1. The number of aryl methyl sites for hydroxylation is 1. The van der Waals surface area contributed by atoms with Gasteiger partial charge in [-0.3, -0.25) is 14.9 Å². The smallest absolute Gasteiger partial charge is 0.270 e. The third-order valence-corrected chi connectivity index (χ3v) is 3.72. The van der Waals surface area contributed by atoms with E-state index in [4.69, 9.17) is 4.74 Å². The van der Waals surface area contributed by atoms with Crippen molar-refractivity contribution in [1.82, 2.24) is 5.32 Å². The monoisotopic (exact) mass is 328 g/mol. The fourth-order valence-corrected chi connectivity index (χ4v) is 2.39. The summed E-state index contributed by atoms with van der Waals surface area (Å²) in [7, 11) is 1.43. The lowest BCUT2D eigenvalue weighted by molar-refractivity contribution is -0.384. The highest BCUT2D eigenvalue weighted by Gasteiger charge is 2.18. The quantitative estimate of drug-likeness (QED) is 0.624. The van der Waals surface area contributed by atoms with Crippen molar-refractivity contribution in [3.63, 3.8) is 0 Å². The van der Waals surface area contributed by atoms with E-state index < -0.39 is 4.92 Å². The summed E-state index contributed by atoms with van der Waals surface area (Å²) in [6.07, 6.45) is 1.61. The molecule has 0 saturated carbocycles. The Morgan fingerprint density at radius 2 is 1.96 bits per heavy atom. The third-order valence-electron chi connectivity index (χ3n) is 3.72. The molecule has 0 aliphatic heterocycles. The van der Waals surface area contributed by atoms with E-state index in [1.54, 1.807) is 0 Å². The molecule has 0 aromatic heterocycles. The number of nitrogens with one attached hydrogen (secondary N) is 1. The van der Waals surface area contributed by atoms with Crippen LogP contribution in [0.3, 0.4) is 0 Å². The maximum absolute atomic E-state index is 12.4. The predicted octanol–water partition coefficient (Wildman–Crippen LogP) is 3.35. The highest BCUT2D eigenvalue weighted by Crippen LogP contribution is 2.24. The lowest BCUT2D eigenvalue weighted by atomic mass is 10.1. The first-order valence-corrected chi connectivity index (χ1v) is 7.68. The highest BCUT2D eigenvalue weighted by atomic mass is 16.6. The number of benzene rings is 2. The molecule has 6 nitrogen and oxygen atoms in total. The van der Waals surface area contributed by atoms with Crippen LogP contribution in [0.15, 0.2) is 48.5 Å². The number of nitro benzene ring substituents is 1. The maximum Gasteiger partial charge on any atom is 0.270 e. The number of amides is 1. The molecular formula is C18H20N2O4. The van der Waals surface area contributed by atoms with Gasteiger partial charge in [-0.15, -0.1) is 0 Å². The van der Waals surface area contributed by atoms with E-state index >= 15 is 0 Å². The zero-order chi connectivity index (χ0) is 17.5. The topological polar surface area (TPSA) is 81.5 Å². The first-order valence-electron chi connectivity index (χ1n) is 7.68. The van der Waals surface area contributed by atoms with Crippen molar-refractivity contribution in [3.8, 4) is 5.75 Å². The second-order valence-corrected chi connectivity index (χ2v) is 5.54. The molecule has 0 aliphatic carbocycles. The standard InChI is InChI=1S/C18H20N2O4/c1-13(8-9-14-6-4-3-5-7-14)19-18(21)16-12-15(20(22)23)10-11-17(16)24-2/h3-7,10-13H,8-9H2,1-2H3,(H,19,21). The number of carbonyl (C=O) groups excluding carboxylic acids is 1. The summed E-state index contributed by atoms with van der Waals surface area (Å²) < 4.78 is 5.13. The summed E-state index contributed by atoms with van der Waals surface area (Å²) in [4.78, 5) is 22.8. The number of ether oxygens (including phenoxy) is 1. The van der Waals surface area contributed by atoms with Gasteiger partial charge in [0.2, 0.25) is 0 Å². The number of hydrogen-bond donors (Lipinski definition) is 1. The summed E-state index contributed by atoms with van der Waals surface area (Å²) in [5.74, 6) is -0.0653. The SMILES string of the molecule is COc1ccc([N+](=O)[O-])cc1C(=O)NC(C)CCc1ccccc1. The molecule has 6 heteroatoms. The minimum atomic E-state index is -0.533. The Morgan fingerprint density at radius 3 is 2.58 bits per heavy atom. The van der Waals surface area contributed by atoms with Gasteiger partial charge in [0.15, 0.2) is 0 Å². The Hall–Kier alpha value is -2.89. The molecule has 0 heterocycles. The Kier molecular flexibility index (Phi) is 5.89. The van der Waals surface area contributed by atoms with Crippen LogP contribution in [0.5, 0.6) is 5.75 Å². The van der Waals surface area contributed by atoms with Gasteiger partial charge in [-0.1, -0.05) is 30.3 Å². The summed E-state index contributed by atoms with van der Waals surface area (Å²) >= 11 is 0. The Balaban J connectivity index is 2.03. The number of methoxy groups -OCH3 is 1. The molecule has 0 saturated heterocycles. The first kappa shape index (κ1) is 17.5. The molecule has 1 atom stereocenters. The van der Waals surface area contributed by atoms with Crippen molar-refractivity contribution in [1.29, 1.82) is 0 Å². The molecule has 1 unspecified atom stereocenters. The molecule has 0 aliphatic rings. The third kappa shape index (κ3) is 4.55. The van der Waals surface area contributed by atoms with E-state index in [0.29, 0.717) is 5.75 Å². The van der Waals surface area contributed by atoms with Crippen LogP contribution in [0.1, 0.15) is 29.3 Å². The van der Waals surface area contributed by atoms with E-state index in [1.807, 2.05) is 37.3 Å².